The Balaban J connectivity index is 1.36. The minimum absolute atomic E-state index is 0.130. The van der Waals surface area contributed by atoms with E-state index < -0.39 is 5.41 Å². The number of ether oxygens (including phenoxy) is 3. The fraction of sp³-hybridized carbons (Fsp3) is 0.333. The zero-order chi connectivity index (χ0) is 26.7. The van der Waals surface area contributed by atoms with Crippen molar-refractivity contribution in [2.24, 2.45) is 5.41 Å². The van der Waals surface area contributed by atoms with E-state index in [1.165, 1.54) is 0 Å². The molecule has 0 bridgehead atoms. The standard InChI is InChI=1S/C30H36N2O4S/c1-22-11-12-23(2)27(21-22)36-18-8-17-30(3,4)28(33)32-29(37)31-24-13-15-26(16-14-24)35-20-19-34-25-9-6-5-7-10-25/h5-7,9-16,21H,8,17-20H2,1-4H3,(H2,31,32,33,37). The molecule has 6 nitrogen and oxygen atoms in total. The maximum atomic E-state index is 12.8. The van der Waals surface area contributed by atoms with Gasteiger partial charge in [0.2, 0.25) is 5.91 Å². The number of aryl methyl sites for hydroxylation is 2. The van der Waals surface area contributed by atoms with Crippen molar-refractivity contribution in [2.75, 3.05) is 25.1 Å². The lowest BCUT2D eigenvalue weighted by molar-refractivity contribution is -0.128. The Morgan fingerprint density at radius 1 is 0.838 bits per heavy atom. The highest BCUT2D eigenvalue weighted by Gasteiger charge is 2.27. The van der Waals surface area contributed by atoms with Gasteiger partial charge in [-0.3, -0.25) is 4.79 Å². The highest BCUT2D eigenvalue weighted by atomic mass is 32.1. The molecule has 0 aliphatic rings. The lowest BCUT2D eigenvalue weighted by Crippen LogP contribution is -2.42. The van der Waals surface area contributed by atoms with Gasteiger partial charge in [0, 0.05) is 11.1 Å². The molecule has 196 valence electrons. The van der Waals surface area contributed by atoms with Crippen LogP contribution in [0.15, 0.2) is 72.8 Å². The number of nitrogens with one attached hydrogen (secondary N) is 2. The number of carbonyl (C=O) groups is 1. The minimum atomic E-state index is -0.587. The van der Waals surface area contributed by atoms with E-state index in [2.05, 4.69) is 22.8 Å². The third-order valence-corrected chi connectivity index (χ3v) is 6.07. The van der Waals surface area contributed by atoms with Crippen molar-refractivity contribution in [3.05, 3.63) is 83.9 Å². The molecule has 0 spiro atoms. The van der Waals surface area contributed by atoms with E-state index in [1.54, 1.807) is 0 Å². The second-order valence-electron chi connectivity index (χ2n) is 9.55. The molecule has 0 radical (unpaired) electrons. The van der Waals surface area contributed by atoms with E-state index in [1.807, 2.05) is 88.4 Å². The second kappa shape index (κ2) is 13.7. The molecule has 3 aromatic rings. The topological polar surface area (TPSA) is 68.8 Å². The molecule has 0 aliphatic carbocycles. The first-order chi connectivity index (χ1) is 17.7. The Hall–Kier alpha value is -3.58. The zero-order valence-electron chi connectivity index (χ0n) is 22.0. The molecule has 7 heteroatoms. The van der Waals surface area contributed by atoms with Crippen molar-refractivity contribution in [2.45, 2.75) is 40.5 Å². The maximum Gasteiger partial charge on any atom is 0.231 e. The maximum absolute atomic E-state index is 12.8. The molecule has 1 amide bonds. The van der Waals surface area contributed by atoms with Gasteiger partial charge in [0.15, 0.2) is 5.11 Å². The first kappa shape index (κ1) is 28.0. The zero-order valence-corrected chi connectivity index (χ0v) is 22.8. The molecule has 3 aromatic carbocycles. The monoisotopic (exact) mass is 520 g/mol. The van der Waals surface area contributed by atoms with Crippen LogP contribution in [-0.4, -0.2) is 30.8 Å². The Labute approximate surface area is 225 Å². The molecule has 3 rings (SSSR count). The van der Waals surface area contributed by atoms with Crippen LogP contribution < -0.4 is 24.8 Å². The molecule has 0 aliphatic heterocycles. The van der Waals surface area contributed by atoms with Gasteiger partial charge >= 0.3 is 0 Å². The lowest BCUT2D eigenvalue weighted by Gasteiger charge is -2.24. The van der Waals surface area contributed by atoms with Gasteiger partial charge in [-0.25, -0.2) is 0 Å². The number of amides is 1. The van der Waals surface area contributed by atoms with Crippen molar-refractivity contribution >= 4 is 28.9 Å². The highest BCUT2D eigenvalue weighted by Crippen LogP contribution is 2.24. The van der Waals surface area contributed by atoms with E-state index in [0.717, 1.165) is 40.5 Å². The molecule has 0 atom stereocenters. The van der Waals surface area contributed by atoms with Crippen LogP contribution in [0, 0.1) is 19.3 Å². The molecule has 0 saturated heterocycles. The van der Waals surface area contributed by atoms with Gasteiger partial charge < -0.3 is 24.8 Å². The molecule has 0 aromatic heterocycles. The fourth-order valence-corrected chi connectivity index (χ4v) is 3.79. The number of rotatable bonds is 12. The SMILES string of the molecule is Cc1ccc(C)c(OCCCC(C)(C)C(=O)NC(=S)Nc2ccc(OCCOc3ccccc3)cc2)c1. The summed E-state index contributed by atoms with van der Waals surface area (Å²) in [5.74, 6) is 2.30. The van der Waals surface area contributed by atoms with E-state index in [9.17, 15) is 4.79 Å². The largest absolute Gasteiger partial charge is 0.493 e. The van der Waals surface area contributed by atoms with Crippen LogP contribution in [0.3, 0.4) is 0 Å². The van der Waals surface area contributed by atoms with Crippen LogP contribution in [0.2, 0.25) is 0 Å². The normalized spacial score (nSPS) is 10.9. The molecular weight excluding hydrogens is 484 g/mol. The molecule has 2 N–H and O–H groups in total. The van der Waals surface area contributed by atoms with Gasteiger partial charge in [0.25, 0.3) is 0 Å². The number of benzene rings is 3. The van der Waals surface area contributed by atoms with Crippen LogP contribution >= 0.6 is 12.2 Å². The summed E-state index contributed by atoms with van der Waals surface area (Å²) in [5, 5.41) is 6.12. The van der Waals surface area contributed by atoms with E-state index in [0.29, 0.717) is 26.2 Å². The number of anilines is 1. The summed E-state index contributed by atoms with van der Waals surface area (Å²) in [6, 6.07) is 23.2. The quantitative estimate of drug-likeness (QED) is 0.211. The third kappa shape index (κ3) is 9.42. The molecule has 0 saturated carbocycles. The van der Waals surface area contributed by atoms with Gasteiger partial charge in [0.05, 0.1) is 6.61 Å². The third-order valence-electron chi connectivity index (χ3n) is 5.87. The van der Waals surface area contributed by atoms with Crippen molar-refractivity contribution in [1.82, 2.24) is 5.32 Å². The van der Waals surface area contributed by atoms with Crippen molar-refractivity contribution in [3.8, 4) is 17.2 Å². The summed E-state index contributed by atoms with van der Waals surface area (Å²) in [6.45, 7) is 9.34. The summed E-state index contributed by atoms with van der Waals surface area (Å²) in [6.07, 6.45) is 1.43. The number of thiocarbonyl (C=S) groups is 1. The molecule has 0 heterocycles. The minimum Gasteiger partial charge on any atom is -0.493 e. The summed E-state index contributed by atoms with van der Waals surface area (Å²) >= 11 is 5.36. The Kier molecular flexibility index (Phi) is 10.3. The Morgan fingerprint density at radius 2 is 1.49 bits per heavy atom. The molecular formula is C30H36N2O4S. The van der Waals surface area contributed by atoms with Crippen LogP contribution in [0.25, 0.3) is 0 Å². The van der Waals surface area contributed by atoms with E-state index >= 15 is 0 Å². The predicted octanol–water partition coefficient (Wildman–Crippen LogP) is 6.46. The number of hydrogen-bond donors (Lipinski definition) is 2. The summed E-state index contributed by atoms with van der Waals surface area (Å²) in [4.78, 5) is 12.8. The van der Waals surface area contributed by atoms with Crippen LogP contribution in [0.4, 0.5) is 5.69 Å². The van der Waals surface area contributed by atoms with Gasteiger partial charge in [-0.15, -0.1) is 0 Å². The van der Waals surface area contributed by atoms with Crippen molar-refractivity contribution < 1.29 is 19.0 Å². The average Bonchev–Trinajstić information content (AvgIpc) is 2.88. The smallest absolute Gasteiger partial charge is 0.231 e. The fourth-order valence-electron chi connectivity index (χ4n) is 3.58. The van der Waals surface area contributed by atoms with Gasteiger partial charge in [-0.2, -0.15) is 0 Å². The number of carbonyl (C=O) groups excluding carboxylic acids is 1. The first-order valence-electron chi connectivity index (χ1n) is 12.5. The average molecular weight is 521 g/mol. The summed E-state index contributed by atoms with van der Waals surface area (Å²) in [7, 11) is 0. The van der Waals surface area contributed by atoms with Gasteiger partial charge in [-0.05, 0) is 92.5 Å². The van der Waals surface area contributed by atoms with Gasteiger partial charge in [-0.1, -0.05) is 44.2 Å². The summed E-state index contributed by atoms with van der Waals surface area (Å²) in [5.41, 5.74) is 2.45. The van der Waals surface area contributed by atoms with Crippen LogP contribution in [0.5, 0.6) is 17.2 Å². The Morgan fingerprint density at radius 3 is 2.16 bits per heavy atom. The highest BCUT2D eigenvalue weighted by molar-refractivity contribution is 7.80. The Bertz CT molecular complexity index is 1160. The van der Waals surface area contributed by atoms with Crippen LogP contribution in [-0.2, 0) is 4.79 Å². The molecule has 0 unspecified atom stereocenters. The number of para-hydroxylation sites is 1. The second-order valence-corrected chi connectivity index (χ2v) is 9.96. The van der Waals surface area contributed by atoms with Crippen molar-refractivity contribution in [3.63, 3.8) is 0 Å². The van der Waals surface area contributed by atoms with Crippen LogP contribution in [0.1, 0.15) is 37.8 Å². The van der Waals surface area contributed by atoms with Crippen molar-refractivity contribution in [1.29, 1.82) is 0 Å². The van der Waals surface area contributed by atoms with E-state index in [-0.39, 0.29) is 11.0 Å². The number of hydrogen-bond acceptors (Lipinski definition) is 5. The molecule has 37 heavy (non-hydrogen) atoms. The van der Waals surface area contributed by atoms with Gasteiger partial charge in [0.1, 0.15) is 30.5 Å². The summed E-state index contributed by atoms with van der Waals surface area (Å²) < 4.78 is 17.3. The lowest BCUT2D eigenvalue weighted by atomic mass is 9.87. The molecule has 0 fully saturated rings. The van der Waals surface area contributed by atoms with E-state index in [4.69, 9.17) is 26.4 Å². The first-order valence-corrected chi connectivity index (χ1v) is 12.9. The predicted molar refractivity (Wildman–Crippen MR) is 153 cm³/mol.